The van der Waals surface area contributed by atoms with Gasteiger partial charge in [-0.15, -0.1) is 0 Å². The van der Waals surface area contributed by atoms with Gasteiger partial charge < -0.3 is 15.1 Å². The number of amides is 2. The number of hydrogen-bond acceptors (Lipinski definition) is 3. The van der Waals surface area contributed by atoms with E-state index in [4.69, 9.17) is 0 Å². The highest BCUT2D eigenvalue weighted by atomic mass is 16.2. The molecule has 1 aliphatic heterocycles. The van der Waals surface area contributed by atoms with Crippen LogP contribution in [0.2, 0.25) is 0 Å². The predicted molar refractivity (Wildman–Crippen MR) is 109 cm³/mol. The van der Waals surface area contributed by atoms with E-state index in [1.807, 2.05) is 18.2 Å². The van der Waals surface area contributed by atoms with Gasteiger partial charge in [-0.25, -0.2) is 0 Å². The highest BCUT2D eigenvalue weighted by molar-refractivity contribution is 6.05. The van der Waals surface area contributed by atoms with Gasteiger partial charge in [0.2, 0.25) is 5.91 Å². The van der Waals surface area contributed by atoms with Crippen LogP contribution in [0.5, 0.6) is 0 Å². The SMILES string of the molecule is CC1CC(C)CN(CCCNC(=O)c2ccccc2N(C)C(=O)C2CC2)C1. The van der Waals surface area contributed by atoms with Crippen molar-refractivity contribution >= 4 is 17.5 Å². The number of carbonyl (C=O) groups excluding carboxylic acids is 2. The summed E-state index contributed by atoms with van der Waals surface area (Å²) < 4.78 is 0. The van der Waals surface area contributed by atoms with Crippen LogP contribution in [0.1, 0.15) is 49.9 Å². The first-order valence-electron chi connectivity index (χ1n) is 10.3. The van der Waals surface area contributed by atoms with E-state index < -0.39 is 0 Å². The first-order chi connectivity index (χ1) is 13.0. The second-order valence-corrected chi connectivity index (χ2v) is 8.50. The minimum atomic E-state index is -0.0959. The minimum Gasteiger partial charge on any atom is -0.352 e. The van der Waals surface area contributed by atoms with E-state index in [9.17, 15) is 9.59 Å². The van der Waals surface area contributed by atoms with Crippen molar-refractivity contribution in [2.24, 2.45) is 17.8 Å². The molecule has 0 radical (unpaired) electrons. The number of rotatable bonds is 7. The molecule has 0 aromatic heterocycles. The monoisotopic (exact) mass is 371 g/mol. The Morgan fingerprint density at radius 2 is 1.81 bits per heavy atom. The summed E-state index contributed by atoms with van der Waals surface area (Å²) in [7, 11) is 1.77. The summed E-state index contributed by atoms with van der Waals surface area (Å²) in [4.78, 5) is 29.2. The van der Waals surface area contributed by atoms with E-state index in [0.717, 1.165) is 50.7 Å². The van der Waals surface area contributed by atoms with Gasteiger partial charge in [-0.1, -0.05) is 26.0 Å². The predicted octanol–water partition coefficient (Wildman–Crippen LogP) is 3.16. The van der Waals surface area contributed by atoms with Crippen LogP contribution in [0.4, 0.5) is 5.69 Å². The lowest BCUT2D eigenvalue weighted by molar-refractivity contribution is -0.119. The molecule has 5 heteroatoms. The third kappa shape index (κ3) is 5.32. The molecule has 5 nitrogen and oxygen atoms in total. The first-order valence-corrected chi connectivity index (χ1v) is 10.3. The van der Waals surface area contributed by atoms with E-state index in [2.05, 4.69) is 24.1 Å². The molecule has 2 fully saturated rings. The summed E-state index contributed by atoms with van der Waals surface area (Å²) in [5, 5.41) is 3.04. The number of likely N-dealkylation sites (tertiary alicyclic amines) is 1. The molecule has 2 atom stereocenters. The molecule has 2 unspecified atom stereocenters. The maximum absolute atomic E-state index is 12.7. The van der Waals surface area contributed by atoms with Gasteiger partial charge in [-0.2, -0.15) is 0 Å². The summed E-state index contributed by atoms with van der Waals surface area (Å²) >= 11 is 0. The van der Waals surface area contributed by atoms with Crippen molar-refractivity contribution in [3.63, 3.8) is 0 Å². The van der Waals surface area contributed by atoms with Gasteiger partial charge in [0, 0.05) is 32.6 Å². The Hall–Kier alpha value is -1.88. The molecule has 1 N–H and O–H groups in total. The zero-order chi connectivity index (χ0) is 19.4. The van der Waals surface area contributed by atoms with Gasteiger partial charge in [0.25, 0.3) is 5.91 Å². The molecule has 3 rings (SSSR count). The maximum atomic E-state index is 12.7. The fourth-order valence-electron chi connectivity index (χ4n) is 4.26. The molecule has 0 bridgehead atoms. The van der Waals surface area contributed by atoms with E-state index >= 15 is 0 Å². The van der Waals surface area contributed by atoms with Crippen LogP contribution in [-0.4, -0.2) is 49.9 Å². The van der Waals surface area contributed by atoms with Crippen LogP contribution in [0.15, 0.2) is 24.3 Å². The van der Waals surface area contributed by atoms with Crippen molar-refractivity contribution in [1.29, 1.82) is 0 Å². The topological polar surface area (TPSA) is 52.7 Å². The normalized spacial score (nSPS) is 23.1. The number of carbonyl (C=O) groups is 2. The van der Waals surface area contributed by atoms with E-state index in [0.29, 0.717) is 17.8 Å². The summed E-state index contributed by atoms with van der Waals surface area (Å²) in [6.45, 7) is 8.65. The molecule has 0 spiro atoms. The third-order valence-electron chi connectivity index (χ3n) is 5.65. The number of piperidine rings is 1. The molecular weight excluding hydrogens is 338 g/mol. The largest absolute Gasteiger partial charge is 0.352 e. The lowest BCUT2D eigenvalue weighted by Gasteiger charge is -2.34. The molecule has 27 heavy (non-hydrogen) atoms. The van der Waals surface area contributed by atoms with Gasteiger partial charge in [0.15, 0.2) is 0 Å². The van der Waals surface area contributed by atoms with Gasteiger partial charge in [-0.05, 0) is 56.2 Å². The molecule has 148 valence electrons. The maximum Gasteiger partial charge on any atom is 0.253 e. The van der Waals surface area contributed by atoms with Crippen LogP contribution in [0.25, 0.3) is 0 Å². The van der Waals surface area contributed by atoms with Gasteiger partial charge >= 0.3 is 0 Å². The Morgan fingerprint density at radius 1 is 1.15 bits per heavy atom. The van der Waals surface area contributed by atoms with Crippen LogP contribution in [0.3, 0.4) is 0 Å². The quantitative estimate of drug-likeness (QED) is 0.749. The average molecular weight is 372 g/mol. The number of nitrogens with zero attached hydrogens (tertiary/aromatic N) is 2. The zero-order valence-corrected chi connectivity index (χ0v) is 16.9. The Balaban J connectivity index is 1.50. The van der Waals surface area contributed by atoms with E-state index in [1.165, 1.54) is 6.42 Å². The summed E-state index contributed by atoms with van der Waals surface area (Å²) in [6, 6.07) is 7.38. The van der Waals surface area contributed by atoms with Crippen molar-refractivity contribution in [2.75, 3.05) is 38.1 Å². The van der Waals surface area contributed by atoms with Gasteiger partial charge in [0.1, 0.15) is 0 Å². The van der Waals surface area contributed by atoms with Crippen LogP contribution in [0, 0.1) is 17.8 Å². The number of nitrogens with one attached hydrogen (secondary N) is 1. The lowest BCUT2D eigenvalue weighted by atomic mass is 9.92. The number of anilines is 1. The molecule has 2 aliphatic rings. The average Bonchev–Trinajstić information content (AvgIpc) is 3.48. The zero-order valence-electron chi connectivity index (χ0n) is 16.9. The summed E-state index contributed by atoms with van der Waals surface area (Å²) in [5.41, 5.74) is 1.28. The van der Waals surface area contributed by atoms with Gasteiger partial charge in [-0.3, -0.25) is 9.59 Å². The van der Waals surface area contributed by atoms with Crippen LogP contribution < -0.4 is 10.2 Å². The molecule has 1 saturated heterocycles. The van der Waals surface area contributed by atoms with Crippen molar-refractivity contribution in [1.82, 2.24) is 10.2 Å². The highest BCUT2D eigenvalue weighted by Crippen LogP contribution is 2.33. The Kier molecular flexibility index (Phi) is 6.53. The Morgan fingerprint density at radius 3 is 2.48 bits per heavy atom. The fourth-order valence-corrected chi connectivity index (χ4v) is 4.26. The number of para-hydroxylation sites is 1. The smallest absolute Gasteiger partial charge is 0.253 e. The van der Waals surface area contributed by atoms with Crippen molar-refractivity contribution in [3.8, 4) is 0 Å². The van der Waals surface area contributed by atoms with Crippen LogP contribution in [-0.2, 0) is 4.79 Å². The highest BCUT2D eigenvalue weighted by Gasteiger charge is 2.33. The molecule has 2 amide bonds. The van der Waals surface area contributed by atoms with Crippen LogP contribution >= 0.6 is 0 Å². The second kappa shape index (κ2) is 8.87. The standard InChI is InChI=1S/C22H33N3O2/c1-16-13-17(2)15-25(14-16)12-6-11-23-21(26)19-7-4-5-8-20(19)24(3)22(27)18-9-10-18/h4-5,7-8,16-18H,6,9-15H2,1-3H3,(H,23,26). The number of benzene rings is 1. The first kappa shape index (κ1) is 19.9. The van der Waals surface area contributed by atoms with E-state index in [1.54, 1.807) is 18.0 Å². The van der Waals surface area contributed by atoms with E-state index in [-0.39, 0.29) is 17.7 Å². The second-order valence-electron chi connectivity index (χ2n) is 8.50. The van der Waals surface area contributed by atoms with Crippen molar-refractivity contribution in [3.05, 3.63) is 29.8 Å². The lowest BCUT2D eigenvalue weighted by Crippen LogP contribution is -2.40. The Bertz CT molecular complexity index is 661. The fraction of sp³-hybridized carbons (Fsp3) is 0.636. The minimum absolute atomic E-state index is 0.0959. The van der Waals surface area contributed by atoms with Gasteiger partial charge in [0.05, 0.1) is 11.3 Å². The summed E-state index contributed by atoms with van der Waals surface area (Å²) in [5.74, 6) is 1.68. The molecular formula is C22H33N3O2. The number of hydrogen-bond donors (Lipinski definition) is 1. The van der Waals surface area contributed by atoms with Crippen molar-refractivity contribution < 1.29 is 9.59 Å². The molecule has 1 heterocycles. The molecule has 1 aromatic carbocycles. The molecule has 1 saturated carbocycles. The molecule has 1 aliphatic carbocycles. The summed E-state index contributed by atoms with van der Waals surface area (Å²) in [6.07, 6.45) is 4.19. The Labute approximate surface area is 163 Å². The third-order valence-corrected chi connectivity index (χ3v) is 5.65. The van der Waals surface area contributed by atoms with Crippen molar-refractivity contribution in [2.45, 2.75) is 39.5 Å². The molecule has 1 aromatic rings.